The Morgan fingerprint density at radius 3 is 2.67 bits per heavy atom. The van der Waals surface area contributed by atoms with Crippen molar-refractivity contribution in [3.8, 4) is 0 Å². The van der Waals surface area contributed by atoms with Crippen LogP contribution in [0.4, 0.5) is 10.1 Å². The topological polar surface area (TPSA) is 18.5 Å². The minimum Gasteiger partial charge on any atom is -0.372 e. The van der Waals surface area contributed by atoms with E-state index in [1.165, 1.54) is 12.8 Å². The number of hydrogen-bond donors (Lipinski definition) is 1. The number of halogens is 1. The first kappa shape index (κ1) is 16.2. The van der Waals surface area contributed by atoms with Crippen LogP contribution in [-0.4, -0.2) is 45.7 Å². The highest BCUT2D eigenvalue weighted by molar-refractivity contribution is 5.55. The van der Waals surface area contributed by atoms with E-state index in [4.69, 9.17) is 0 Å². The Bertz CT molecular complexity index is 455. The summed E-state index contributed by atoms with van der Waals surface area (Å²) in [7, 11) is 6.10. The lowest BCUT2D eigenvalue weighted by atomic mass is 9.96. The summed E-state index contributed by atoms with van der Waals surface area (Å²) in [5.74, 6) is 0.536. The van der Waals surface area contributed by atoms with Gasteiger partial charge in [0.05, 0.1) is 5.69 Å². The molecule has 1 atom stereocenters. The summed E-state index contributed by atoms with van der Waals surface area (Å²) >= 11 is 0. The molecule has 0 bridgehead atoms. The maximum atomic E-state index is 14.3. The Labute approximate surface area is 128 Å². The fraction of sp³-hybridized carbons (Fsp3) is 0.647. The molecule has 0 aliphatic carbocycles. The molecule has 3 nitrogen and oxygen atoms in total. The molecule has 21 heavy (non-hydrogen) atoms. The number of nitrogens with one attached hydrogen (secondary N) is 1. The van der Waals surface area contributed by atoms with Gasteiger partial charge in [0.25, 0.3) is 0 Å². The fourth-order valence-corrected chi connectivity index (χ4v) is 3.16. The highest BCUT2D eigenvalue weighted by Crippen LogP contribution is 2.30. The summed E-state index contributed by atoms with van der Waals surface area (Å²) in [6, 6.07) is 5.53. The number of rotatable bonds is 5. The fourth-order valence-electron chi connectivity index (χ4n) is 3.16. The quantitative estimate of drug-likeness (QED) is 0.900. The van der Waals surface area contributed by atoms with Crippen LogP contribution in [0.2, 0.25) is 0 Å². The molecular formula is C17H28FN3. The molecular weight excluding hydrogens is 265 g/mol. The SMILES string of the molecule is CNC(C)c1cccc(F)c1N(C)CC1CCN(C)CC1. The van der Waals surface area contributed by atoms with Gasteiger partial charge in [0.1, 0.15) is 5.82 Å². The molecule has 118 valence electrons. The monoisotopic (exact) mass is 293 g/mol. The van der Waals surface area contributed by atoms with E-state index in [1.807, 2.05) is 20.2 Å². The van der Waals surface area contributed by atoms with Crippen LogP contribution in [0.5, 0.6) is 0 Å². The lowest BCUT2D eigenvalue weighted by molar-refractivity contribution is 0.222. The summed E-state index contributed by atoms with van der Waals surface area (Å²) in [6.07, 6.45) is 2.40. The number of piperidine rings is 1. The molecule has 0 amide bonds. The van der Waals surface area contributed by atoms with Crippen molar-refractivity contribution in [3.05, 3.63) is 29.6 Å². The zero-order valence-corrected chi connectivity index (χ0v) is 13.7. The van der Waals surface area contributed by atoms with Crippen LogP contribution in [0, 0.1) is 11.7 Å². The van der Waals surface area contributed by atoms with Crippen molar-refractivity contribution >= 4 is 5.69 Å². The van der Waals surface area contributed by atoms with Crippen molar-refractivity contribution in [1.29, 1.82) is 0 Å². The molecule has 1 aromatic rings. The van der Waals surface area contributed by atoms with Gasteiger partial charge < -0.3 is 15.1 Å². The first-order valence-corrected chi connectivity index (χ1v) is 7.88. The Morgan fingerprint density at radius 1 is 1.38 bits per heavy atom. The summed E-state index contributed by atoms with van der Waals surface area (Å²) in [4.78, 5) is 4.47. The third kappa shape index (κ3) is 3.95. The summed E-state index contributed by atoms with van der Waals surface area (Å²) < 4.78 is 14.3. The maximum Gasteiger partial charge on any atom is 0.146 e. The summed E-state index contributed by atoms with van der Waals surface area (Å²) in [6.45, 7) is 5.30. The van der Waals surface area contributed by atoms with Crippen molar-refractivity contribution in [2.75, 3.05) is 45.7 Å². The van der Waals surface area contributed by atoms with E-state index < -0.39 is 0 Å². The van der Waals surface area contributed by atoms with E-state index in [1.54, 1.807) is 12.1 Å². The smallest absolute Gasteiger partial charge is 0.146 e. The van der Waals surface area contributed by atoms with Crippen molar-refractivity contribution < 1.29 is 4.39 Å². The van der Waals surface area contributed by atoms with Gasteiger partial charge in [-0.25, -0.2) is 4.39 Å². The summed E-state index contributed by atoms with van der Waals surface area (Å²) in [5, 5.41) is 3.21. The molecule has 1 saturated heterocycles. The van der Waals surface area contributed by atoms with Crippen molar-refractivity contribution in [1.82, 2.24) is 10.2 Å². The number of anilines is 1. The Kier molecular flexibility index (Phi) is 5.59. The summed E-state index contributed by atoms with van der Waals surface area (Å²) in [5.41, 5.74) is 1.78. The van der Waals surface area contributed by atoms with Crippen LogP contribution < -0.4 is 10.2 Å². The van der Waals surface area contributed by atoms with E-state index in [9.17, 15) is 4.39 Å². The highest BCUT2D eigenvalue weighted by atomic mass is 19.1. The third-order valence-electron chi connectivity index (χ3n) is 4.67. The molecule has 2 rings (SSSR count). The van der Waals surface area contributed by atoms with Gasteiger partial charge in [-0.1, -0.05) is 12.1 Å². The van der Waals surface area contributed by atoms with Crippen LogP contribution in [-0.2, 0) is 0 Å². The zero-order chi connectivity index (χ0) is 15.4. The molecule has 0 radical (unpaired) electrons. The number of hydrogen-bond acceptors (Lipinski definition) is 3. The van der Waals surface area contributed by atoms with Crippen LogP contribution in [0.25, 0.3) is 0 Å². The van der Waals surface area contributed by atoms with E-state index in [0.717, 1.165) is 30.9 Å². The highest BCUT2D eigenvalue weighted by Gasteiger charge is 2.22. The Hall–Kier alpha value is -1.13. The number of para-hydroxylation sites is 1. The minimum absolute atomic E-state index is 0.120. The molecule has 1 heterocycles. The normalized spacial score (nSPS) is 18.7. The van der Waals surface area contributed by atoms with Crippen LogP contribution in [0.3, 0.4) is 0 Å². The molecule has 0 spiro atoms. The average molecular weight is 293 g/mol. The average Bonchev–Trinajstić information content (AvgIpc) is 2.48. The maximum absolute atomic E-state index is 14.3. The lowest BCUT2D eigenvalue weighted by Gasteiger charge is -2.33. The molecule has 1 N–H and O–H groups in total. The van der Waals surface area contributed by atoms with Gasteiger partial charge in [-0.05, 0) is 64.5 Å². The second kappa shape index (κ2) is 7.23. The molecule has 1 unspecified atom stereocenters. The standard InChI is InChI=1S/C17H28FN3/c1-13(19-2)15-6-5-7-16(18)17(15)21(4)12-14-8-10-20(3)11-9-14/h5-7,13-14,19H,8-12H2,1-4H3. The first-order valence-electron chi connectivity index (χ1n) is 7.88. The van der Waals surface area contributed by atoms with Gasteiger partial charge >= 0.3 is 0 Å². The van der Waals surface area contributed by atoms with Gasteiger partial charge in [0, 0.05) is 19.6 Å². The Morgan fingerprint density at radius 2 is 2.05 bits per heavy atom. The number of benzene rings is 1. The second-order valence-electron chi connectivity index (χ2n) is 6.32. The van der Waals surface area contributed by atoms with E-state index in [2.05, 4.69) is 29.1 Å². The number of nitrogens with zero attached hydrogens (tertiary/aromatic N) is 2. The predicted octanol–water partition coefficient (Wildman–Crippen LogP) is 2.88. The molecule has 4 heteroatoms. The van der Waals surface area contributed by atoms with E-state index in [-0.39, 0.29) is 11.9 Å². The van der Waals surface area contributed by atoms with Gasteiger partial charge in [-0.2, -0.15) is 0 Å². The molecule has 1 aliphatic heterocycles. The lowest BCUT2D eigenvalue weighted by Crippen LogP contribution is -2.36. The van der Waals surface area contributed by atoms with E-state index >= 15 is 0 Å². The molecule has 0 saturated carbocycles. The number of likely N-dealkylation sites (tertiary alicyclic amines) is 1. The second-order valence-corrected chi connectivity index (χ2v) is 6.32. The van der Waals surface area contributed by atoms with Gasteiger partial charge in [0.2, 0.25) is 0 Å². The van der Waals surface area contributed by atoms with Gasteiger partial charge in [0.15, 0.2) is 0 Å². The predicted molar refractivity (Wildman–Crippen MR) is 87.4 cm³/mol. The van der Waals surface area contributed by atoms with Gasteiger partial charge in [-0.3, -0.25) is 0 Å². The van der Waals surface area contributed by atoms with E-state index in [0.29, 0.717) is 5.92 Å². The van der Waals surface area contributed by atoms with Crippen molar-refractivity contribution in [2.24, 2.45) is 5.92 Å². The largest absolute Gasteiger partial charge is 0.372 e. The molecule has 0 aromatic heterocycles. The first-order chi connectivity index (χ1) is 10.0. The van der Waals surface area contributed by atoms with Crippen LogP contribution in [0.1, 0.15) is 31.4 Å². The zero-order valence-electron chi connectivity index (χ0n) is 13.7. The molecule has 1 aromatic carbocycles. The minimum atomic E-state index is -0.120. The third-order valence-corrected chi connectivity index (χ3v) is 4.67. The van der Waals surface area contributed by atoms with Crippen molar-refractivity contribution in [2.45, 2.75) is 25.8 Å². The van der Waals surface area contributed by atoms with Crippen LogP contribution in [0.15, 0.2) is 18.2 Å². The van der Waals surface area contributed by atoms with Gasteiger partial charge in [-0.15, -0.1) is 0 Å². The molecule has 1 aliphatic rings. The van der Waals surface area contributed by atoms with Crippen LogP contribution >= 0.6 is 0 Å². The molecule has 1 fully saturated rings. The Balaban J connectivity index is 2.13. The van der Waals surface area contributed by atoms with Crippen molar-refractivity contribution in [3.63, 3.8) is 0 Å².